The average molecular weight is 415 g/mol. The van der Waals surface area contributed by atoms with Gasteiger partial charge in [0, 0.05) is 26.3 Å². The van der Waals surface area contributed by atoms with E-state index in [4.69, 9.17) is 9.47 Å². The lowest BCUT2D eigenvalue weighted by atomic mass is 10.1. The van der Waals surface area contributed by atoms with Gasteiger partial charge in [-0.05, 0) is 42.3 Å². The molecule has 0 atom stereocenters. The van der Waals surface area contributed by atoms with Gasteiger partial charge < -0.3 is 19.5 Å². The van der Waals surface area contributed by atoms with Gasteiger partial charge in [0.25, 0.3) is 0 Å². The molecule has 162 valence electrons. The highest BCUT2D eigenvalue weighted by atomic mass is 16.5. The van der Waals surface area contributed by atoms with Gasteiger partial charge in [-0.1, -0.05) is 13.5 Å². The van der Waals surface area contributed by atoms with E-state index >= 15 is 0 Å². The highest BCUT2D eigenvalue weighted by Gasteiger charge is 2.09. The molecule has 2 rings (SSSR count). The van der Waals surface area contributed by atoms with Gasteiger partial charge in [-0.15, -0.1) is 0 Å². The smallest absolute Gasteiger partial charge is 0.160 e. The molecule has 1 aromatic carbocycles. The Morgan fingerprint density at radius 2 is 1.90 bits per heavy atom. The summed E-state index contributed by atoms with van der Waals surface area (Å²) in [5.41, 5.74) is 2.87. The Hall–Kier alpha value is -3.39. The van der Waals surface area contributed by atoms with Crippen LogP contribution in [0.4, 0.5) is 5.69 Å². The molecule has 8 heteroatoms. The lowest BCUT2D eigenvalue weighted by Crippen LogP contribution is -2.08. The maximum absolute atomic E-state index is 11.1. The maximum Gasteiger partial charge on any atom is 0.160 e. The molecule has 0 fully saturated rings. The molecular formula is C22H30N4O4. The van der Waals surface area contributed by atoms with Crippen LogP contribution in [-0.2, 0) is 14.2 Å². The number of carbonyl (C=O) groups is 1. The van der Waals surface area contributed by atoms with Gasteiger partial charge in [-0.25, -0.2) is 9.67 Å². The fourth-order valence-corrected chi connectivity index (χ4v) is 2.45. The van der Waals surface area contributed by atoms with Crippen LogP contribution in [0.15, 0.2) is 66.7 Å². The fourth-order valence-electron chi connectivity index (χ4n) is 2.45. The predicted octanol–water partition coefficient (Wildman–Crippen LogP) is 3.78. The number of hydrogen-bond acceptors (Lipinski definition) is 7. The SMILES string of the molecule is C=C(/C=C(OC)\C(=C/CC)OC)CNc1cc(C=O)ccc1-n1cncn1.COC. The number of anilines is 1. The third-order valence-corrected chi connectivity index (χ3v) is 3.74. The summed E-state index contributed by atoms with van der Waals surface area (Å²) in [7, 11) is 6.44. The van der Waals surface area contributed by atoms with Gasteiger partial charge in [0.15, 0.2) is 11.5 Å². The number of aldehydes is 1. The lowest BCUT2D eigenvalue weighted by molar-refractivity contribution is 0.112. The van der Waals surface area contributed by atoms with E-state index in [9.17, 15) is 4.79 Å². The Kier molecular flexibility index (Phi) is 11.3. The summed E-state index contributed by atoms with van der Waals surface area (Å²) in [6, 6.07) is 5.30. The number of aromatic nitrogens is 3. The van der Waals surface area contributed by atoms with Crippen LogP contribution < -0.4 is 5.32 Å². The number of carbonyl (C=O) groups excluding carboxylic acids is 1. The summed E-state index contributed by atoms with van der Waals surface area (Å²) in [6.07, 6.45) is 8.43. The summed E-state index contributed by atoms with van der Waals surface area (Å²) in [4.78, 5) is 15.1. The van der Waals surface area contributed by atoms with Crippen LogP contribution in [0.5, 0.6) is 0 Å². The van der Waals surface area contributed by atoms with E-state index in [-0.39, 0.29) is 0 Å². The first-order valence-corrected chi connectivity index (χ1v) is 9.30. The molecule has 0 aliphatic carbocycles. The Morgan fingerprint density at radius 1 is 1.20 bits per heavy atom. The van der Waals surface area contributed by atoms with Gasteiger partial charge in [-0.2, -0.15) is 5.10 Å². The van der Waals surface area contributed by atoms with Crippen molar-refractivity contribution in [3.63, 3.8) is 0 Å². The van der Waals surface area contributed by atoms with Gasteiger partial charge in [0.2, 0.25) is 0 Å². The zero-order valence-corrected chi connectivity index (χ0v) is 18.2. The number of allylic oxidation sites excluding steroid dienone is 1. The minimum Gasteiger partial charge on any atom is -0.493 e. The van der Waals surface area contributed by atoms with Crippen molar-refractivity contribution in [2.45, 2.75) is 13.3 Å². The molecule has 0 aliphatic rings. The topological polar surface area (TPSA) is 87.5 Å². The highest BCUT2D eigenvalue weighted by Crippen LogP contribution is 2.22. The summed E-state index contributed by atoms with van der Waals surface area (Å²) in [5.74, 6) is 1.26. The van der Waals surface area contributed by atoms with Crippen molar-refractivity contribution in [1.29, 1.82) is 0 Å². The molecule has 0 radical (unpaired) electrons. The second-order valence-corrected chi connectivity index (χ2v) is 6.05. The van der Waals surface area contributed by atoms with E-state index < -0.39 is 0 Å². The molecule has 0 amide bonds. The third-order valence-electron chi connectivity index (χ3n) is 3.74. The van der Waals surface area contributed by atoms with E-state index in [1.165, 1.54) is 6.33 Å². The molecule has 1 N–H and O–H groups in total. The molecule has 0 saturated carbocycles. The average Bonchev–Trinajstić information content (AvgIpc) is 3.29. The first-order valence-electron chi connectivity index (χ1n) is 9.30. The number of nitrogens with zero attached hydrogens (tertiary/aromatic N) is 3. The van der Waals surface area contributed by atoms with E-state index in [0.29, 0.717) is 23.6 Å². The zero-order chi connectivity index (χ0) is 22.4. The van der Waals surface area contributed by atoms with Gasteiger partial charge in [-0.3, -0.25) is 4.79 Å². The fraction of sp³-hybridized carbons (Fsp3) is 0.318. The van der Waals surface area contributed by atoms with Gasteiger partial charge >= 0.3 is 0 Å². The number of ether oxygens (including phenoxy) is 3. The standard InChI is InChI=1S/C20H24N4O3.C2H6O/c1-5-6-19(26-3)20(27-4)9-15(2)11-22-17-10-16(12-25)7-8-18(17)24-14-21-13-23-24;1-3-2/h6-10,12-14,22H,2,5,11H2,1,3-4H3;1-2H3/b19-6+,20-9+;. The van der Waals surface area contributed by atoms with Gasteiger partial charge in [0.1, 0.15) is 18.9 Å². The third kappa shape index (κ3) is 7.56. The molecule has 0 bridgehead atoms. The minimum absolute atomic E-state index is 0.444. The van der Waals surface area contributed by atoms with Crippen molar-refractivity contribution in [3.8, 4) is 5.69 Å². The Balaban J connectivity index is 0.00000141. The van der Waals surface area contributed by atoms with E-state index in [2.05, 4.69) is 26.7 Å². The molecule has 0 aliphatic heterocycles. The summed E-state index contributed by atoms with van der Waals surface area (Å²) in [5, 5.41) is 7.43. The van der Waals surface area contributed by atoms with E-state index in [1.807, 2.05) is 25.1 Å². The quantitative estimate of drug-likeness (QED) is 0.360. The summed E-state index contributed by atoms with van der Waals surface area (Å²) in [6.45, 7) is 6.53. The van der Waals surface area contributed by atoms with Crippen LogP contribution in [0.2, 0.25) is 0 Å². The number of nitrogens with one attached hydrogen (secondary N) is 1. The highest BCUT2D eigenvalue weighted by molar-refractivity contribution is 5.79. The number of rotatable bonds is 10. The Bertz CT molecular complexity index is 858. The van der Waals surface area contributed by atoms with Crippen LogP contribution in [0, 0.1) is 0 Å². The van der Waals surface area contributed by atoms with Crippen LogP contribution in [0.3, 0.4) is 0 Å². The minimum atomic E-state index is 0.444. The molecule has 8 nitrogen and oxygen atoms in total. The number of hydrogen-bond donors (Lipinski definition) is 1. The summed E-state index contributed by atoms with van der Waals surface area (Å²) >= 11 is 0. The Labute approximate surface area is 177 Å². The predicted molar refractivity (Wildman–Crippen MR) is 118 cm³/mol. The second kappa shape index (κ2) is 13.7. The zero-order valence-electron chi connectivity index (χ0n) is 18.2. The molecule has 30 heavy (non-hydrogen) atoms. The van der Waals surface area contributed by atoms with Crippen molar-refractivity contribution in [2.24, 2.45) is 0 Å². The number of methoxy groups -OCH3 is 3. The molecule has 0 saturated heterocycles. The second-order valence-electron chi connectivity index (χ2n) is 6.05. The normalized spacial score (nSPS) is 11.2. The van der Waals surface area contributed by atoms with Crippen LogP contribution >= 0.6 is 0 Å². The Morgan fingerprint density at radius 3 is 2.43 bits per heavy atom. The molecule has 1 aromatic heterocycles. The molecular weight excluding hydrogens is 384 g/mol. The van der Waals surface area contributed by atoms with E-state index in [0.717, 1.165) is 29.7 Å². The van der Waals surface area contributed by atoms with Crippen molar-refractivity contribution in [3.05, 3.63) is 72.2 Å². The van der Waals surface area contributed by atoms with Gasteiger partial charge in [0.05, 0.1) is 25.6 Å². The van der Waals surface area contributed by atoms with Crippen LogP contribution in [0.25, 0.3) is 5.69 Å². The van der Waals surface area contributed by atoms with Crippen molar-refractivity contribution < 1.29 is 19.0 Å². The van der Waals surface area contributed by atoms with Crippen LogP contribution in [-0.4, -0.2) is 56.0 Å². The van der Waals surface area contributed by atoms with E-state index in [1.54, 1.807) is 51.6 Å². The molecule has 2 aromatic rings. The van der Waals surface area contributed by atoms with Crippen molar-refractivity contribution >= 4 is 12.0 Å². The lowest BCUT2D eigenvalue weighted by Gasteiger charge is -2.14. The summed E-state index contributed by atoms with van der Waals surface area (Å²) < 4.78 is 16.6. The first-order chi connectivity index (χ1) is 14.5. The largest absolute Gasteiger partial charge is 0.493 e. The maximum atomic E-state index is 11.1. The van der Waals surface area contributed by atoms with Crippen molar-refractivity contribution in [2.75, 3.05) is 40.3 Å². The monoisotopic (exact) mass is 414 g/mol. The first kappa shape index (κ1) is 24.6. The van der Waals surface area contributed by atoms with Crippen LogP contribution in [0.1, 0.15) is 23.7 Å². The molecule has 1 heterocycles. The molecule has 0 unspecified atom stereocenters. The van der Waals surface area contributed by atoms with Crippen molar-refractivity contribution in [1.82, 2.24) is 14.8 Å². The number of benzene rings is 1. The molecule has 0 spiro atoms.